The number of aromatic nitrogens is 2. The predicted octanol–water partition coefficient (Wildman–Crippen LogP) is 1.70. The maximum absolute atomic E-state index is 13.4. The van der Waals surface area contributed by atoms with Crippen molar-refractivity contribution in [3.05, 3.63) is 47.0 Å². The zero-order valence-corrected chi connectivity index (χ0v) is 12.5. The van der Waals surface area contributed by atoms with E-state index in [1.807, 2.05) is 0 Å². The maximum atomic E-state index is 13.4. The van der Waals surface area contributed by atoms with E-state index < -0.39 is 17.9 Å². The lowest BCUT2D eigenvalue weighted by Gasteiger charge is -2.08. The number of nitrogens with zero attached hydrogens (tertiary/aromatic N) is 2. The van der Waals surface area contributed by atoms with Gasteiger partial charge in [0, 0.05) is 11.3 Å². The number of amides is 1. The fourth-order valence-corrected chi connectivity index (χ4v) is 2.77. The Balaban J connectivity index is 1.99. The molecule has 2 N–H and O–H groups in total. The van der Waals surface area contributed by atoms with Gasteiger partial charge in [0.2, 0.25) is 0 Å². The molecule has 1 unspecified atom stereocenters. The molecule has 0 aliphatic heterocycles. The van der Waals surface area contributed by atoms with Crippen molar-refractivity contribution in [3.8, 4) is 5.69 Å². The topological polar surface area (TPSA) is 84.2 Å². The molecule has 1 heterocycles. The first-order valence-electron chi connectivity index (χ1n) is 7.37. The fourth-order valence-electron chi connectivity index (χ4n) is 2.77. The Morgan fingerprint density at radius 3 is 2.87 bits per heavy atom. The van der Waals surface area contributed by atoms with Crippen molar-refractivity contribution >= 4 is 11.9 Å². The van der Waals surface area contributed by atoms with Crippen molar-refractivity contribution in [1.82, 2.24) is 15.1 Å². The number of hydrogen-bond acceptors (Lipinski definition) is 3. The predicted molar refractivity (Wildman–Crippen MR) is 80.1 cm³/mol. The zero-order valence-electron chi connectivity index (χ0n) is 12.5. The Hall–Kier alpha value is -2.70. The summed E-state index contributed by atoms with van der Waals surface area (Å²) in [5.74, 6) is -2.01. The molecule has 23 heavy (non-hydrogen) atoms. The molecule has 1 amide bonds. The highest BCUT2D eigenvalue weighted by Gasteiger charge is 2.28. The van der Waals surface area contributed by atoms with Gasteiger partial charge >= 0.3 is 5.97 Å². The molecule has 6 nitrogen and oxygen atoms in total. The molecule has 0 saturated carbocycles. The standard InChI is InChI=1S/C16H16FN3O3/c1-9(16(22)23)18-15(21)14-12-6-3-7-13(12)20(19-14)11-5-2-4-10(17)8-11/h2,4-5,8-9H,3,6-7H2,1H3,(H,18,21)(H,22,23). The molecule has 1 aliphatic rings. The van der Waals surface area contributed by atoms with E-state index in [1.165, 1.54) is 19.1 Å². The second-order valence-corrected chi connectivity index (χ2v) is 5.55. The van der Waals surface area contributed by atoms with Crippen molar-refractivity contribution in [3.63, 3.8) is 0 Å². The molecule has 0 radical (unpaired) electrons. The van der Waals surface area contributed by atoms with Gasteiger partial charge in [0.15, 0.2) is 5.69 Å². The van der Waals surface area contributed by atoms with Crippen LogP contribution in [0.5, 0.6) is 0 Å². The van der Waals surface area contributed by atoms with Crippen molar-refractivity contribution < 1.29 is 19.1 Å². The third-order valence-corrected chi connectivity index (χ3v) is 3.92. The molecule has 1 aliphatic carbocycles. The summed E-state index contributed by atoms with van der Waals surface area (Å²) in [4.78, 5) is 23.2. The summed E-state index contributed by atoms with van der Waals surface area (Å²) in [6, 6.07) is 5.00. The lowest BCUT2D eigenvalue weighted by atomic mass is 10.2. The van der Waals surface area contributed by atoms with E-state index in [-0.39, 0.29) is 11.5 Å². The van der Waals surface area contributed by atoms with Crippen LogP contribution < -0.4 is 5.32 Å². The Morgan fingerprint density at radius 1 is 1.39 bits per heavy atom. The first-order valence-corrected chi connectivity index (χ1v) is 7.37. The average Bonchev–Trinajstić information content (AvgIpc) is 3.08. The molecule has 0 bridgehead atoms. The SMILES string of the molecule is CC(NC(=O)c1nn(-c2cccc(F)c2)c2c1CCC2)C(=O)O. The van der Waals surface area contributed by atoms with Gasteiger partial charge in [-0.25, -0.2) is 9.07 Å². The number of rotatable bonds is 4. The van der Waals surface area contributed by atoms with Crippen LogP contribution in [0.1, 0.15) is 35.1 Å². The van der Waals surface area contributed by atoms with Gasteiger partial charge in [-0.15, -0.1) is 0 Å². The van der Waals surface area contributed by atoms with E-state index in [0.29, 0.717) is 12.1 Å². The number of nitrogens with one attached hydrogen (secondary N) is 1. The minimum atomic E-state index is -1.11. The van der Waals surface area contributed by atoms with Crippen molar-refractivity contribution in [2.24, 2.45) is 0 Å². The first kappa shape index (κ1) is 15.2. The van der Waals surface area contributed by atoms with Gasteiger partial charge in [0.05, 0.1) is 5.69 Å². The van der Waals surface area contributed by atoms with Crippen LogP contribution in [0.4, 0.5) is 4.39 Å². The molecule has 1 atom stereocenters. The van der Waals surface area contributed by atoms with E-state index in [4.69, 9.17) is 5.11 Å². The Labute approximate surface area is 131 Å². The highest BCUT2D eigenvalue weighted by Crippen LogP contribution is 2.28. The van der Waals surface area contributed by atoms with E-state index in [0.717, 1.165) is 24.1 Å². The van der Waals surface area contributed by atoms with Crippen LogP contribution in [-0.2, 0) is 17.6 Å². The summed E-state index contributed by atoms with van der Waals surface area (Å²) in [6.45, 7) is 1.39. The molecule has 120 valence electrons. The number of fused-ring (bicyclic) bond motifs is 1. The summed E-state index contributed by atoms with van der Waals surface area (Å²) < 4.78 is 15.0. The van der Waals surface area contributed by atoms with Gasteiger partial charge in [-0.05, 0) is 44.4 Å². The number of aliphatic carboxylic acids is 1. The minimum absolute atomic E-state index is 0.217. The van der Waals surface area contributed by atoms with E-state index in [1.54, 1.807) is 16.8 Å². The number of carbonyl (C=O) groups is 2. The third-order valence-electron chi connectivity index (χ3n) is 3.92. The molecule has 1 aromatic heterocycles. The average molecular weight is 317 g/mol. The van der Waals surface area contributed by atoms with Crippen LogP contribution >= 0.6 is 0 Å². The van der Waals surface area contributed by atoms with Crippen LogP contribution in [0.15, 0.2) is 24.3 Å². The van der Waals surface area contributed by atoms with Gasteiger partial charge < -0.3 is 10.4 Å². The summed E-state index contributed by atoms with van der Waals surface area (Å²) >= 11 is 0. The number of carboxylic acids is 1. The first-order chi connectivity index (χ1) is 11.0. The summed E-state index contributed by atoms with van der Waals surface area (Å²) in [5.41, 5.74) is 2.46. The molecule has 0 fully saturated rings. The Morgan fingerprint density at radius 2 is 2.17 bits per heavy atom. The molecular formula is C16H16FN3O3. The zero-order chi connectivity index (χ0) is 16.6. The number of halogens is 1. The molecule has 0 spiro atoms. The third kappa shape index (κ3) is 2.81. The van der Waals surface area contributed by atoms with Crippen molar-refractivity contribution in [2.45, 2.75) is 32.2 Å². The second kappa shape index (κ2) is 5.83. The summed E-state index contributed by atoms with van der Waals surface area (Å²) in [7, 11) is 0. The Bertz CT molecular complexity index is 785. The monoisotopic (exact) mass is 317 g/mol. The second-order valence-electron chi connectivity index (χ2n) is 5.55. The van der Waals surface area contributed by atoms with Crippen LogP contribution in [-0.4, -0.2) is 32.8 Å². The van der Waals surface area contributed by atoms with Crippen molar-refractivity contribution in [1.29, 1.82) is 0 Å². The lowest BCUT2D eigenvalue weighted by molar-refractivity contribution is -0.138. The van der Waals surface area contributed by atoms with Gasteiger partial charge in [0.25, 0.3) is 5.91 Å². The number of carbonyl (C=O) groups excluding carboxylic acids is 1. The molecule has 2 aromatic rings. The van der Waals surface area contributed by atoms with Crippen molar-refractivity contribution in [2.75, 3.05) is 0 Å². The van der Waals surface area contributed by atoms with Crippen LogP contribution in [0.3, 0.4) is 0 Å². The normalized spacial score (nSPS) is 14.3. The number of hydrogen-bond donors (Lipinski definition) is 2. The quantitative estimate of drug-likeness (QED) is 0.899. The molecule has 3 rings (SSSR count). The minimum Gasteiger partial charge on any atom is -0.480 e. The molecular weight excluding hydrogens is 301 g/mol. The van der Waals surface area contributed by atoms with E-state index in [2.05, 4.69) is 10.4 Å². The Kier molecular flexibility index (Phi) is 3.85. The van der Waals surface area contributed by atoms with Gasteiger partial charge in [0.1, 0.15) is 11.9 Å². The summed E-state index contributed by atoms with van der Waals surface area (Å²) in [6.07, 6.45) is 2.34. The lowest BCUT2D eigenvalue weighted by Crippen LogP contribution is -2.38. The molecule has 7 heteroatoms. The van der Waals surface area contributed by atoms with E-state index in [9.17, 15) is 14.0 Å². The largest absolute Gasteiger partial charge is 0.480 e. The van der Waals surface area contributed by atoms with Gasteiger partial charge in [-0.3, -0.25) is 9.59 Å². The van der Waals surface area contributed by atoms with Crippen LogP contribution in [0.25, 0.3) is 5.69 Å². The summed E-state index contributed by atoms with van der Waals surface area (Å²) in [5, 5.41) is 15.6. The van der Waals surface area contributed by atoms with E-state index >= 15 is 0 Å². The number of benzene rings is 1. The van der Waals surface area contributed by atoms with Gasteiger partial charge in [-0.2, -0.15) is 5.10 Å². The fraction of sp³-hybridized carbons (Fsp3) is 0.312. The van der Waals surface area contributed by atoms with Gasteiger partial charge in [-0.1, -0.05) is 6.07 Å². The highest BCUT2D eigenvalue weighted by atomic mass is 19.1. The smallest absolute Gasteiger partial charge is 0.325 e. The number of carboxylic acid groups (broad SMARTS) is 1. The molecule has 1 aromatic carbocycles. The molecule has 0 saturated heterocycles. The van der Waals surface area contributed by atoms with Crippen LogP contribution in [0, 0.1) is 5.82 Å². The highest BCUT2D eigenvalue weighted by molar-refractivity contribution is 5.96. The maximum Gasteiger partial charge on any atom is 0.325 e. The van der Waals surface area contributed by atoms with Crippen LogP contribution in [0.2, 0.25) is 0 Å².